The molecule has 3 aromatic carbocycles. The van der Waals surface area contributed by atoms with Crippen molar-refractivity contribution >= 4 is 11.8 Å². The van der Waals surface area contributed by atoms with Crippen LogP contribution in [0.4, 0.5) is 10.5 Å². The lowest BCUT2D eigenvalue weighted by atomic mass is 9.95. The summed E-state index contributed by atoms with van der Waals surface area (Å²) >= 11 is 0. The van der Waals surface area contributed by atoms with E-state index in [1.54, 1.807) is 0 Å². The van der Waals surface area contributed by atoms with E-state index in [2.05, 4.69) is 28.4 Å². The fourth-order valence-corrected chi connectivity index (χ4v) is 3.80. The molecule has 4 rings (SSSR count). The van der Waals surface area contributed by atoms with E-state index in [9.17, 15) is 10.1 Å². The summed E-state index contributed by atoms with van der Waals surface area (Å²) in [6.45, 7) is 1.65. The molecular weight excluding hydrogens is 374 g/mol. The van der Waals surface area contributed by atoms with Crippen molar-refractivity contribution in [2.24, 2.45) is 0 Å². The first-order valence-electron chi connectivity index (χ1n) is 10.0. The maximum Gasteiger partial charge on any atom is 0.407 e. The second kappa shape index (κ2) is 9.15. The summed E-state index contributed by atoms with van der Waals surface area (Å²) in [7, 11) is 0. The summed E-state index contributed by atoms with van der Waals surface area (Å²) in [5, 5.41) is 12.3. The largest absolute Gasteiger partial charge is 0.445 e. The lowest BCUT2D eigenvalue weighted by Crippen LogP contribution is -2.48. The van der Waals surface area contributed by atoms with E-state index in [4.69, 9.17) is 4.74 Å². The lowest BCUT2D eigenvalue weighted by molar-refractivity contribution is 0.135. The Kier molecular flexibility index (Phi) is 5.95. The number of benzene rings is 3. The maximum atomic E-state index is 12.4. The minimum Gasteiger partial charge on any atom is -0.445 e. The number of ether oxygens (including phenoxy) is 1. The van der Waals surface area contributed by atoms with Crippen LogP contribution in [0.25, 0.3) is 0 Å². The fourth-order valence-electron chi connectivity index (χ4n) is 3.80. The minimum atomic E-state index is -0.427. The highest BCUT2D eigenvalue weighted by molar-refractivity contribution is 5.68. The Bertz CT molecular complexity index is 1040. The van der Waals surface area contributed by atoms with Crippen LogP contribution in [0.1, 0.15) is 22.3 Å². The number of hydrogen-bond acceptors (Lipinski definition) is 4. The molecule has 3 aromatic rings. The van der Waals surface area contributed by atoms with Crippen LogP contribution in [0.5, 0.6) is 0 Å². The van der Waals surface area contributed by atoms with E-state index in [1.807, 2.05) is 66.7 Å². The summed E-state index contributed by atoms with van der Waals surface area (Å²) in [4.78, 5) is 14.6. The molecule has 0 fully saturated rings. The van der Waals surface area contributed by atoms with Crippen molar-refractivity contribution in [2.45, 2.75) is 25.6 Å². The Morgan fingerprint density at radius 1 is 1.03 bits per heavy atom. The van der Waals surface area contributed by atoms with E-state index in [1.165, 1.54) is 5.56 Å². The standard InChI is InChI=1S/C25H23N3O2/c26-15-21-11-12-24-22(13-21)14-23(17-28(24)16-19-7-3-1-4-8-19)27-25(29)30-18-20-9-5-2-6-10-20/h1-13,23H,14,16-18H2,(H,27,29)/t23-/m0/s1. The van der Waals surface area contributed by atoms with Crippen LogP contribution in [0.3, 0.4) is 0 Å². The Balaban J connectivity index is 1.47. The number of fused-ring (bicyclic) bond motifs is 1. The third kappa shape index (κ3) is 4.79. The van der Waals surface area contributed by atoms with Crippen molar-refractivity contribution in [3.8, 4) is 6.07 Å². The van der Waals surface area contributed by atoms with Crippen LogP contribution in [0, 0.1) is 11.3 Å². The summed E-state index contributed by atoms with van der Waals surface area (Å²) in [6, 6.07) is 27.7. The number of carbonyl (C=O) groups excluding carboxylic acids is 1. The van der Waals surface area contributed by atoms with Crippen molar-refractivity contribution in [1.29, 1.82) is 5.26 Å². The van der Waals surface area contributed by atoms with Gasteiger partial charge in [0.1, 0.15) is 6.61 Å². The number of nitrogens with one attached hydrogen (secondary N) is 1. The Hall–Kier alpha value is -3.78. The fraction of sp³-hybridized carbons (Fsp3) is 0.200. The number of nitriles is 1. The van der Waals surface area contributed by atoms with Crippen molar-refractivity contribution in [3.63, 3.8) is 0 Å². The van der Waals surface area contributed by atoms with Gasteiger partial charge in [0, 0.05) is 18.8 Å². The third-order valence-electron chi connectivity index (χ3n) is 5.21. The highest BCUT2D eigenvalue weighted by Crippen LogP contribution is 2.29. The van der Waals surface area contributed by atoms with Crippen LogP contribution in [-0.2, 0) is 24.3 Å². The lowest BCUT2D eigenvalue weighted by Gasteiger charge is -2.36. The van der Waals surface area contributed by atoms with Crippen LogP contribution >= 0.6 is 0 Å². The number of anilines is 1. The van der Waals surface area contributed by atoms with E-state index in [-0.39, 0.29) is 12.6 Å². The summed E-state index contributed by atoms with van der Waals surface area (Å²) in [5.74, 6) is 0. The molecule has 0 spiro atoms. The Morgan fingerprint density at radius 3 is 2.43 bits per heavy atom. The van der Waals surface area contributed by atoms with Gasteiger partial charge in [-0.15, -0.1) is 0 Å². The minimum absolute atomic E-state index is 0.0987. The van der Waals surface area contributed by atoms with E-state index < -0.39 is 6.09 Å². The molecule has 0 bridgehead atoms. The number of alkyl carbamates (subject to hydrolysis) is 1. The molecule has 1 N–H and O–H groups in total. The predicted molar refractivity (Wildman–Crippen MR) is 116 cm³/mol. The van der Waals surface area contributed by atoms with E-state index in [0.717, 1.165) is 23.4 Å². The quantitative estimate of drug-likeness (QED) is 0.692. The van der Waals surface area contributed by atoms with Gasteiger partial charge >= 0.3 is 6.09 Å². The number of amides is 1. The van der Waals surface area contributed by atoms with Gasteiger partial charge in [-0.05, 0) is 41.3 Å². The molecule has 1 heterocycles. The van der Waals surface area contributed by atoms with Crippen LogP contribution in [0.15, 0.2) is 78.9 Å². The van der Waals surface area contributed by atoms with Gasteiger partial charge in [-0.25, -0.2) is 4.79 Å². The molecule has 0 aliphatic carbocycles. The molecular formula is C25H23N3O2. The van der Waals surface area contributed by atoms with Crippen molar-refractivity contribution in [1.82, 2.24) is 5.32 Å². The molecule has 0 unspecified atom stereocenters. The molecule has 5 heteroatoms. The van der Waals surface area contributed by atoms with E-state index >= 15 is 0 Å². The highest BCUT2D eigenvalue weighted by Gasteiger charge is 2.26. The van der Waals surface area contributed by atoms with Gasteiger partial charge in [0.25, 0.3) is 0 Å². The highest BCUT2D eigenvalue weighted by atomic mass is 16.5. The molecule has 1 amide bonds. The molecule has 5 nitrogen and oxygen atoms in total. The average molecular weight is 397 g/mol. The molecule has 30 heavy (non-hydrogen) atoms. The molecule has 0 saturated heterocycles. The first-order valence-corrected chi connectivity index (χ1v) is 10.0. The Labute approximate surface area is 176 Å². The third-order valence-corrected chi connectivity index (χ3v) is 5.21. The topological polar surface area (TPSA) is 65.4 Å². The van der Waals surface area contributed by atoms with Gasteiger partial charge in [0.15, 0.2) is 0 Å². The normalized spacial score (nSPS) is 15.0. The smallest absolute Gasteiger partial charge is 0.407 e. The maximum absolute atomic E-state index is 12.4. The number of hydrogen-bond donors (Lipinski definition) is 1. The number of nitrogens with zero attached hydrogens (tertiary/aromatic N) is 2. The van der Waals surface area contributed by atoms with Gasteiger partial charge in [-0.2, -0.15) is 5.26 Å². The summed E-state index contributed by atoms with van der Waals surface area (Å²) in [5.41, 5.74) is 4.94. The van der Waals surface area contributed by atoms with Crippen molar-refractivity contribution < 1.29 is 9.53 Å². The average Bonchev–Trinajstić information content (AvgIpc) is 2.78. The van der Waals surface area contributed by atoms with Crippen LogP contribution in [0.2, 0.25) is 0 Å². The number of rotatable bonds is 5. The molecule has 0 aromatic heterocycles. The monoisotopic (exact) mass is 397 g/mol. The molecule has 150 valence electrons. The predicted octanol–water partition coefficient (Wildman–Crippen LogP) is 4.42. The van der Waals surface area contributed by atoms with Gasteiger partial charge < -0.3 is 15.0 Å². The van der Waals surface area contributed by atoms with E-state index in [0.29, 0.717) is 18.5 Å². The number of carbonyl (C=O) groups is 1. The van der Waals surface area contributed by atoms with Gasteiger partial charge in [0.2, 0.25) is 0 Å². The van der Waals surface area contributed by atoms with Crippen molar-refractivity contribution in [2.75, 3.05) is 11.4 Å². The molecule has 1 aliphatic heterocycles. The van der Waals surface area contributed by atoms with Crippen molar-refractivity contribution in [3.05, 3.63) is 101 Å². The first kappa shape index (κ1) is 19.5. The molecule has 0 radical (unpaired) electrons. The second-order valence-electron chi connectivity index (χ2n) is 7.43. The zero-order valence-electron chi connectivity index (χ0n) is 16.6. The van der Waals surface area contributed by atoms with Gasteiger partial charge in [-0.3, -0.25) is 0 Å². The summed E-state index contributed by atoms with van der Waals surface area (Å²) < 4.78 is 5.40. The SMILES string of the molecule is N#Cc1ccc2c(c1)C[C@H](NC(=O)OCc1ccccc1)CN2Cc1ccccc1. The first-order chi connectivity index (χ1) is 14.7. The zero-order chi connectivity index (χ0) is 20.8. The molecule has 1 aliphatic rings. The Morgan fingerprint density at radius 2 is 1.73 bits per heavy atom. The van der Waals surface area contributed by atoms with Gasteiger partial charge in [0.05, 0.1) is 17.7 Å². The molecule has 0 saturated carbocycles. The zero-order valence-corrected chi connectivity index (χ0v) is 16.6. The summed E-state index contributed by atoms with van der Waals surface area (Å²) in [6.07, 6.45) is 0.236. The van der Waals surface area contributed by atoms with Crippen LogP contribution in [-0.4, -0.2) is 18.7 Å². The van der Waals surface area contributed by atoms with Gasteiger partial charge in [-0.1, -0.05) is 60.7 Å². The molecule has 1 atom stereocenters. The second-order valence-corrected chi connectivity index (χ2v) is 7.43. The van der Waals surface area contributed by atoms with Crippen LogP contribution < -0.4 is 10.2 Å².